The Balaban J connectivity index is 1.56. The van der Waals surface area contributed by atoms with Gasteiger partial charge in [0.1, 0.15) is 0 Å². The van der Waals surface area contributed by atoms with Gasteiger partial charge in [-0.05, 0) is 77.8 Å². The summed E-state index contributed by atoms with van der Waals surface area (Å²) in [6.45, 7) is 6.40. The van der Waals surface area contributed by atoms with Crippen LogP contribution in [0.1, 0.15) is 47.1 Å². The molecule has 0 aliphatic heterocycles. The van der Waals surface area contributed by atoms with Crippen LogP contribution in [0.2, 0.25) is 0 Å². The molecule has 0 fully saturated rings. The maximum absolute atomic E-state index is 12.5. The second kappa shape index (κ2) is 10.1. The van der Waals surface area contributed by atoms with E-state index in [2.05, 4.69) is 52.7 Å². The Labute approximate surface area is 201 Å². The van der Waals surface area contributed by atoms with Crippen molar-refractivity contribution in [2.24, 2.45) is 0 Å². The van der Waals surface area contributed by atoms with Crippen molar-refractivity contribution >= 4 is 56.4 Å². The van der Waals surface area contributed by atoms with Gasteiger partial charge >= 0.3 is 0 Å². The second-order valence-corrected chi connectivity index (χ2v) is 9.60. The highest BCUT2D eigenvalue weighted by Gasteiger charge is 2.14. The van der Waals surface area contributed by atoms with Crippen LogP contribution in [0, 0.1) is 0 Å². The third-order valence-electron chi connectivity index (χ3n) is 4.73. The van der Waals surface area contributed by atoms with E-state index in [0.29, 0.717) is 22.5 Å². The molecule has 3 rings (SSSR count). The van der Waals surface area contributed by atoms with E-state index in [1.54, 1.807) is 42.5 Å². The van der Waals surface area contributed by atoms with Gasteiger partial charge in [0.05, 0.1) is 0 Å². The van der Waals surface area contributed by atoms with Gasteiger partial charge in [-0.25, -0.2) is 0 Å². The fourth-order valence-corrected chi connectivity index (χ4v) is 3.54. The van der Waals surface area contributed by atoms with Crippen LogP contribution >= 0.6 is 28.1 Å². The number of anilines is 2. The summed E-state index contributed by atoms with van der Waals surface area (Å²) in [5, 5.41) is 8.68. The van der Waals surface area contributed by atoms with Crippen LogP contribution < -0.4 is 16.0 Å². The minimum absolute atomic E-state index is 0.0375. The molecule has 0 atom stereocenters. The van der Waals surface area contributed by atoms with Crippen molar-refractivity contribution in [3.63, 3.8) is 0 Å². The van der Waals surface area contributed by atoms with E-state index in [1.165, 1.54) is 5.56 Å². The molecule has 3 aromatic rings. The number of hydrogen-bond acceptors (Lipinski definition) is 3. The maximum Gasteiger partial charge on any atom is 0.257 e. The lowest BCUT2D eigenvalue weighted by molar-refractivity contribution is 0.0976. The standard InChI is InChI=1S/C25H24BrN3O2S/c1-25(2,3)18-9-7-16(8-10-18)22(30)27-20-11-13-21(14-12-20)28-24(32)29-23(31)17-5-4-6-19(26)15-17/h4-15H,1-3H3,(H,27,30)(H2,28,29,31,32). The Morgan fingerprint density at radius 3 is 1.94 bits per heavy atom. The van der Waals surface area contributed by atoms with Crippen molar-refractivity contribution in [3.8, 4) is 0 Å². The number of halogens is 1. The van der Waals surface area contributed by atoms with Gasteiger partial charge in [0.2, 0.25) is 0 Å². The average Bonchev–Trinajstić information content (AvgIpc) is 2.74. The summed E-state index contributed by atoms with van der Waals surface area (Å²) >= 11 is 8.57. The van der Waals surface area contributed by atoms with Crippen LogP contribution in [0.3, 0.4) is 0 Å². The molecule has 0 aliphatic carbocycles. The summed E-state index contributed by atoms with van der Waals surface area (Å²) in [5.41, 5.74) is 3.65. The van der Waals surface area contributed by atoms with Gasteiger partial charge in [0.25, 0.3) is 11.8 Å². The molecule has 0 unspecified atom stereocenters. The molecule has 0 saturated carbocycles. The van der Waals surface area contributed by atoms with Crippen molar-refractivity contribution in [3.05, 3.63) is 94.0 Å². The van der Waals surface area contributed by atoms with Crippen molar-refractivity contribution < 1.29 is 9.59 Å². The molecular weight excluding hydrogens is 486 g/mol. The number of carbonyl (C=O) groups excluding carboxylic acids is 2. The predicted molar refractivity (Wildman–Crippen MR) is 137 cm³/mol. The lowest BCUT2D eigenvalue weighted by Gasteiger charge is -2.19. The molecule has 0 radical (unpaired) electrons. The second-order valence-electron chi connectivity index (χ2n) is 8.28. The number of rotatable bonds is 4. The first kappa shape index (κ1) is 23.6. The van der Waals surface area contributed by atoms with Gasteiger partial charge in [-0.15, -0.1) is 0 Å². The summed E-state index contributed by atoms with van der Waals surface area (Å²) in [7, 11) is 0. The van der Waals surface area contributed by atoms with Gasteiger partial charge < -0.3 is 10.6 Å². The fourth-order valence-electron chi connectivity index (χ4n) is 2.93. The van der Waals surface area contributed by atoms with Gasteiger partial charge in [-0.2, -0.15) is 0 Å². The van der Waals surface area contributed by atoms with E-state index >= 15 is 0 Å². The van der Waals surface area contributed by atoms with Crippen LogP contribution in [-0.2, 0) is 5.41 Å². The maximum atomic E-state index is 12.5. The number of amides is 2. The van der Waals surface area contributed by atoms with Crippen LogP contribution in [0.15, 0.2) is 77.3 Å². The van der Waals surface area contributed by atoms with Gasteiger partial charge in [-0.1, -0.05) is 54.9 Å². The molecular formula is C25H24BrN3O2S. The monoisotopic (exact) mass is 509 g/mol. The van der Waals surface area contributed by atoms with E-state index in [1.807, 2.05) is 30.3 Å². The highest BCUT2D eigenvalue weighted by atomic mass is 79.9. The Kier molecular flexibility index (Phi) is 7.43. The van der Waals surface area contributed by atoms with Crippen molar-refractivity contribution in [2.45, 2.75) is 26.2 Å². The van der Waals surface area contributed by atoms with Crippen LogP contribution in [0.5, 0.6) is 0 Å². The molecule has 5 nitrogen and oxygen atoms in total. The first-order valence-electron chi connectivity index (χ1n) is 10.0. The molecule has 2 amide bonds. The molecule has 0 aliphatic rings. The molecule has 3 N–H and O–H groups in total. The zero-order chi connectivity index (χ0) is 23.3. The van der Waals surface area contributed by atoms with Crippen molar-refractivity contribution in [2.75, 3.05) is 10.6 Å². The van der Waals surface area contributed by atoms with E-state index in [4.69, 9.17) is 12.2 Å². The van der Waals surface area contributed by atoms with Gasteiger partial charge in [-0.3, -0.25) is 14.9 Å². The van der Waals surface area contributed by atoms with Gasteiger partial charge in [0.15, 0.2) is 5.11 Å². The largest absolute Gasteiger partial charge is 0.332 e. The highest BCUT2D eigenvalue weighted by molar-refractivity contribution is 9.10. The molecule has 32 heavy (non-hydrogen) atoms. The summed E-state index contributed by atoms with van der Waals surface area (Å²) in [4.78, 5) is 24.8. The number of carbonyl (C=O) groups is 2. The van der Waals surface area contributed by atoms with Crippen LogP contribution in [0.25, 0.3) is 0 Å². The Morgan fingerprint density at radius 1 is 0.781 bits per heavy atom. The minimum atomic E-state index is -0.301. The lowest BCUT2D eigenvalue weighted by Crippen LogP contribution is -2.34. The minimum Gasteiger partial charge on any atom is -0.332 e. The zero-order valence-electron chi connectivity index (χ0n) is 18.0. The molecule has 0 bridgehead atoms. The number of thiocarbonyl (C=S) groups is 1. The van der Waals surface area contributed by atoms with E-state index in [0.717, 1.165) is 4.47 Å². The third-order valence-corrected chi connectivity index (χ3v) is 5.42. The summed E-state index contributed by atoms with van der Waals surface area (Å²) in [5.74, 6) is -0.479. The summed E-state index contributed by atoms with van der Waals surface area (Å²) in [6.07, 6.45) is 0. The first-order chi connectivity index (χ1) is 15.1. The van der Waals surface area contributed by atoms with E-state index in [-0.39, 0.29) is 22.3 Å². The summed E-state index contributed by atoms with van der Waals surface area (Å²) < 4.78 is 0.812. The molecule has 0 aromatic heterocycles. The number of hydrogen-bond donors (Lipinski definition) is 3. The lowest BCUT2D eigenvalue weighted by atomic mass is 9.87. The first-order valence-corrected chi connectivity index (χ1v) is 11.2. The zero-order valence-corrected chi connectivity index (χ0v) is 20.4. The van der Waals surface area contributed by atoms with Crippen LogP contribution in [-0.4, -0.2) is 16.9 Å². The number of nitrogens with one attached hydrogen (secondary N) is 3. The molecule has 0 saturated heterocycles. The van der Waals surface area contributed by atoms with Crippen molar-refractivity contribution in [1.82, 2.24) is 5.32 Å². The predicted octanol–water partition coefficient (Wildman–Crippen LogP) is 6.13. The van der Waals surface area contributed by atoms with Gasteiger partial charge in [0, 0.05) is 27.0 Å². The van der Waals surface area contributed by atoms with E-state index in [9.17, 15) is 9.59 Å². The highest BCUT2D eigenvalue weighted by Crippen LogP contribution is 2.22. The topological polar surface area (TPSA) is 70.2 Å². The van der Waals surface area contributed by atoms with E-state index < -0.39 is 0 Å². The average molecular weight is 510 g/mol. The van der Waals surface area contributed by atoms with Crippen molar-refractivity contribution in [1.29, 1.82) is 0 Å². The molecule has 164 valence electrons. The Hall–Kier alpha value is -3.03. The summed E-state index contributed by atoms with van der Waals surface area (Å²) in [6, 6.07) is 21.7. The quantitative estimate of drug-likeness (QED) is 0.370. The molecule has 7 heteroatoms. The Morgan fingerprint density at radius 2 is 1.38 bits per heavy atom. The fraction of sp³-hybridized carbons (Fsp3) is 0.160. The van der Waals surface area contributed by atoms with Crippen LogP contribution in [0.4, 0.5) is 11.4 Å². The third kappa shape index (κ3) is 6.48. The Bertz CT molecular complexity index is 1140. The SMILES string of the molecule is CC(C)(C)c1ccc(C(=O)Nc2ccc(NC(=S)NC(=O)c3cccc(Br)c3)cc2)cc1. The molecule has 3 aromatic carbocycles. The molecule has 0 spiro atoms. The normalized spacial score (nSPS) is 10.9. The number of benzene rings is 3. The molecule has 0 heterocycles. The smallest absolute Gasteiger partial charge is 0.257 e.